The molecule has 52 heavy (non-hydrogen) atoms. The normalized spacial score (nSPS) is 21.4. The molecule has 276 valence electrons. The number of hydrogen-bond acceptors (Lipinski definition) is 10. The summed E-state index contributed by atoms with van der Waals surface area (Å²) in [5.74, 6) is 0.744. The third-order valence-corrected chi connectivity index (χ3v) is 11.2. The van der Waals surface area contributed by atoms with E-state index in [0.29, 0.717) is 37.7 Å². The Morgan fingerprint density at radius 1 is 1.08 bits per heavy atom. The van der Waals surface area contributed by atoms with Crippen molar-refractivity contribution in [3.8, 4) is 12.1 Å². The number of fused-ring (bicyclic) bond motifs is 2. The predicted octanol–water partition coefficient (Wildman–Crippen LogP) is 5.78. The highest BCUT2D eigenvalue weighted by Crippen LogP contribution is 2.45. The van der Waals surface area contributed by atoms with Crippen LogP contribution in [0.4, 0.5) is 21.1 Å². The number of halogens is 1. The Bertz CT molecular complexity index is 1890. The largest absolute Gasteiger partial charge is 0.465 e. The number of piperazine rings is 1. The zero-order valence-electron chi connectivity index (χ0n) is 30.3. The maximum Gasteiger partial charge on any atom is 0.410 e. The van der Waals surface area contributed by atoms with Crippen molar-refractivity contribution in [1.29, 1.82) is 5.26 Å². The van der Waals surface area contributed by atoms with Gasteiger partial charge in [0, 0.05) is 69.0 Å². The van der Waals surface area contributed by atoms with E-state index in [9.17, 15) is 20.0 Å². The number of nitrogens with zero attached hydrogens (tertiary/aromatic N) is 8. The SMILES string of the molecule is CN(C(=O)OC(C)(C)C)C1CCN(C2(COc3nc4c(c(N5CCN(C(=O)O)[C@@H](CC#N)C5)n3)CCN(c3cccc5cccc(Cl)c35)C4)CC2)C1. The molecule has 2 amide bonds. The highest BCUT2D eigenvalue weighted by atomic mass is 35.5. The van der Waals surface area contributed by atoms with Crippen molar-refractivity contribution < 1.29 is 24.2 Å². The average molecular weight is 731 g/mol. The van der Waals surface area contributed by atoms with E-state index in [2.05, 4.69) is 39.0 Å². The number of likely N-dealkylation sites (N-methyl/N-ethyl adjacent to an activating group) is 1. The highest BCUT2D eigenvalue weighted by molar-refractivity contribution is 6.36. The summed E-state index contributed by atoms with van der Waals surface area (Å²) in [4.78, 5) is 44.7. The number of benzene rings is 2. The number of likely N-dealkylation sites (tertiary alicyclic amines) is 1. The lowest BCUT2D eigenvalue weighted by Crippen LogP contribution is -2.55. The van der Waals surface area contributed by atoms with Crippen LogP contribution in [0.25, 0.3) is 10.8 Å². The molecule has 3 aromatic rings. The fourth-order valence-corrected chi connectivity index (χ4v) is 8.19. The van der Waals surface area contributed by atoms with E-state index in [1.165, 1.54) is 4.90 Å². The molecule has 3 aliphatic heterocycles. The van der Waals surface area contributed by atoms with Crippen molar-refractivity contribution in [2.75, 3.05) is 62.7 Å². The molecule has 14 heteroatoms. The van der Waals surface area contributed by atoms with E-state index >= 15 is 0 Å². The van der Waals surface area contributed by atoms with Crippen LogP contribution in [0, 0.1) is 11.3 Å². The second-order valence-electron chi connectivity index (χ2n) is 15.5. The van der Waals surface area contributed by atoms with Gasteiger partial charge in [-0.3, -0.25) is 4.90 Å². The second kappa shape index (κ2) is 14.1. The van der Waals surface area contributed by atoms with E-state index < -0.39 is 17.7 Å². The molecule has 1 unspecified atom stereocenters. The summed E-state index contributed by atoms with van der Waals surface area (Å²) in [6.07, 6.45) is 2.27. The number of nitriles is 1. The van der Waals surface area contributed by atoms with Crippen LogP contribution in [0.15, 0.2) is 36.4 Å². The maximum atomic E-state index is 12.8. The number of carbonyl (C=O) groups excluding carboxylic acids is 1. The van der Waals surface area contributed by atoms with Gasteiger partial charge in [0.2, 0.25) is 0 Å². The fourth-order valence-electron chi connectivity index (χ4n) is 7.91. The number of aromatic nitrogens is 2. The summed E-state index contributed by atoms with van der Waals surface area (Å²) in [5, 5.41) is 22.1. The Morgan fingerprint density at radius 3 is 2.56 bits per heavy atom. The predicted molar refractivity (Wildman–Crippen MR) is 198 cm³/mol. The lowest BCUT2D eigenvalue weighted by molar-refractivity contribution is 0.0219. The van der Waals surface area contributed by atoms with Crippen LogP contribution in [0.2, 0.25) is 5.02 Å². The molecule has 0 radical (unpaired) electrons. The van der Waals surface area contributed by atoms with Gasteiger partial charge < -0.3 is 34.2 Å². The number of ether oxygens (including phenoxy) is 2. The van der Waals surface area contributed by atoms with Crippen LogP contribution in [0.1, 0.15) is 57.7 Å². The van der Waals surface area contributed by atoms with Gasteiger partial charge >= 0.3 is 18.2 Å². The van der Waals surface area contributed by atoms with E-state index in [0.717, 1.165) is 72.4 Å². The van der Waals surface area contributed by atoms with E-state index in [1.54, 1.807) is 4.90 Å². The summed E-state index contributed by atoms with van der Waals surface area (Å²) < 4.78 is 12.2. The molecule has 0 spiro atoms. The molecule has 0 bridgehead atoms. The van der Waals surface area contributed by atoms with Gasteiger partial charge in [-0.25, -0.2) is 9.59 Å². The number of carboxylic acid groups (broad SMARTS) is 1. The quantitative estimate of drug-likeness (QED) is 0.302. The monoisotopic (exact) mass is 730 g/mol. The van der Waals surface area contributed by atoms with Gasteiger partial charge in [0.15, 0.2) is 0 Å². The molecular weight excluding hydrogens is 684 g/mol. The van der Waals surface area contributed by atoms with Crippen LogP contribution in [0.5, 0.6) is 6.01 Å². The van der Waals surface area contributed by atoms with Gasteiger partial charge in [-0.15, -0.1) is 0 Å². The molecule has 1 N–H and O–H groups in total. The lowest BCUT2D eigenvalue weighted by atomic mass is 10.0. The van der Waals surface area contributed by atoms with Crippen molar-refractivity contribution in [2.45, 2.75) is 82.6 Å². The molecule has 1 aromatic heterocycles. The van der Waals surface area contributed by atoms with E-state index in [4.69, 9.17) is 31.0 Å². The van der Waals surface area contributed by atoms with Crippen LogP contribution < -0.4 is 14.5 Å². The van der Waals surface area contributed by atoms with E-state index in [1.807, 2.05) is 46.0 Å². The Kier molecular flexibility index (Phi) is 9.73. The molecular formula is C38H47ClN8O5. The Morgan fingerprint density at radius 2 is 1.85 bits per heavy atom. The zero-order valence-corrected chi connectivity index (χ0v) is 31.1. The first kappa shape index (κ1) is 35.8. The highest BCUT2D eigenvalue weighted by Gasteiger charge is 2.52. The first-order chi connectivity index (χ1) is 24.9. The number of amides is 2. The molecule has 2 saturated heterocycles. The Balaban J connectivity index is 1.14. The standard InChI is InChI=1S/C38H47ClN8O5/c1-37(2,3)52-36(50)43(4)26-12-18-46(22-26)38(14-15-38)24-51-34-41-30-23-44(31-10-6-8-25-7-5-9-29(39)32(25)31)17-13-28(30)33(42-34)45-19-20-47(35(48)49)27(21-45)11-16-40/h5-10,26-27H,11-15,17-24H2,1-4H3,(H,48,49)/t26?,27-/m0/s1. The maximum absolute atomic E-state index is 12.8. The van der Waals surface area contributed by atoms with Gasteiger partial charge in [-0.2, -0.15) is 15.2 Å². The molecule has 1 saturated carbocycles. The zero-order chi connectivity index (χ0) is 36.8. The van der Waals surface area contributed by atoms with E-state index in [-0.39, 0.29) is 36.7 Å². The minimum absolute atomic E-state index is 0.0540. The first-order valence-corrected chi connectivity index (χ1v) is 18.5. The van der Waals surface area contributed by atoms with Crippen molar-refractivity contribution in [3.63, 3.8) is 0 Å². The fraction of sp³-hybridized carbons (Fsp3) is 0.553. The molecule has 2 aromatic carbocycles. The summed E-state index contributed by atoms with van der Waals surface area (Å²) in [5.41, 5.74) is 2.21. The topological polar surface area (TPSA) is 139 Å². The molecule has 4 heterocycles. The summed E-state index contributed by atoms with van der Waals surface area (Å²) in [6, 6.07) is 14.2. The van der Waals surface area contributed by atoms with Gasteiger partial charge in [-0.1, -0.05) is 35.9 Å². The average Bonchev–Trinajstić information content (AvgIpc) is 3.74. The number of hydrogen-bond donors (Lipinski definition) is 1. The molecule has 2 atom stereocenters. The number of anilines is 2. The summed E-state index contributed by atoms with van der Waals surface area (Å²) in [6.45, 7) is 9.97. The van der Waals surface area contributed by atoms with Gasteiger partial charge in [0.05, 0.1) is 41.3 Å². The van der Waals surface area contributed by atoms with Gasteiger partial charge in [0.1, 0.15) is 18.0 Å². The Hall–Kier alpha value is -4.54. The van der Waals surface area contributed by atoms with Crippen LogP contribution >= 0.6 is 11.6 Å². The molecule has 3 fully saturated rings. The molecule has 1 aliphatic carbocycles. The second-order valence-corrected chi connectivity index (χ2v) is 15.9. The molecule has 7 rings (SSSR count). The summed E-state index contributed by atoms with van der Waals surface area (Å²) >= 11 is 6.74. The number of carbonyl (C=O) groups is 2. The van der Waals surface area contributed by atoms with Crippen LogP contribution in [-0.4, -0.2) is 118 Å². The third-order valence-electron chi connectivity index (χ3n) is 10.9. The van der Waals surface area contributed by atoms with Crippen molar-refractivity contribution >= 4 is 46.1 Å². The van der Waals surface area contributed by atoms with Gasteiger partial charge in [0.25, 0.3) is 0 Å². The lowest BCUT2D eigenvalue weighted by Gasteiger charge is -2.41. The minimum atomic E-state index is -1.02. The first-order valence-electron chi connectivity index (χ1n) is 18.1. The van der Waals surface area contributed by atoms with Crippen molar-refractivity contribution in [3.05, 3.63) is 52.7 Å². The molecule has 13 nitrogen and oxygen atoms in total. The van der Waals surface area contributed by atoms with Crippen molar-refractivity contribution in [1.82, 2.24) is 24.7 Å². The van der Waals surface area contributed by atoms with Crippen LogP contribution in [0.3, 0.4) is 0 Å². The van der Waals surface area contributed by atoms with Crippen molar-refractivity contribution in [2.24, 2.45) is 0 Å². The smallest absolute Gasteiger partial charge is 0.410 e. The van der Waals surface area contributed by atoms with Crippen LogP contribution in [-0.2, 0) is 17.7 Å². The summed E-state index contributed by atoms with van der Waals surface area (Å²) in [7, 11) is 1.81. The Labute approximate surface area is 309 Å². The molecule has 4 aliphatic rings. The third kappa shape index (κ3) is 7.23. The number of rotatable bonds is 8. The van der Waals surface area contributed by atoms with Gasteiger partial charge in [-0.05, 0) is 64.0 Å². The minimum Gasteiger partial charge on any atom is -0.465 e.